The molecule has 0 amide bonds. The number of carbonyl (C=O) groups excluding carboxylic acids is 1. The van der Waals surface area contributed by atoms with E-state index in [-0.39, 0.29) is 0 Å². The van der Waals surface area contributed by atoms with E-state index in [2.05, 4.69) is 9.47 Å². The number of ether oxygens (including phenoxy) is 2. The van der Waals surface area contributed by atoms with E-state index in [4.69, 9.17) is 0 Å². The van der Waals surface area contributed by atoms with E-state index in [0.717, 1.165) is 0 Å². The van der Waals surface area contributed by atoms with Crippen molar-refractivity contribution >= 4 is 6.16 Å². The Morgan fingerprint density at radius 3 is 1.81 bits per heavy atom. The van der Waals surface area contributed by atoms with Crippen molar-refractivity contribution in [2.75, 3.05) is 6.61 Å². The molecule has 0 saturated heterocycles. The van der Waals surface area contributed by atoms with Gasteiger partial charge in [0.25, 0.3) is 0 Å². The quantitative estimate of drug-likeness (QED) is 0.558. The molecule has 0 aromatic carbocycles. The van der Waals surface area contributed by atoms with Crippen LogP contribution in [0.1, 0.15) is 20.8 Å². The molecular formula is C8H11F5O3. The molecule has 16 heavy (non-hydrogen) atoms. The average Bonchev–Trinajstić information content (AvgIpc) is 1.95. The lowest BCUT2D eigenvalue weighted by molar-refractivity contribution is -0.293. The lowest BCUT2D eigenvalue weighted by Crippen LogP contribution is -2.41. The zero-order valence-electron chi connectivity index (χ0n) is 8.82. The third kappa shape index (κ3) is 5.13. The molecule has 0 aromatic heterocycles. The lowest BCUT2D eigenvalue weighted by atomic mass is 10.2. The van der Waals surface area contributed by atoms with Crippen LogP contribution in [0.4, 0.5) is 26.7 Å². The summed E-state index contributed by atoms with van der Waals surface area (Å²) in [6.07, 6.45) is -7.33. The van der Waals surface area contributed by atoms with Crippen molar-refractivity contribution in [1.82, 2.24) is 0 Å². The summed E-state index contributed by atoms with van der Waals surface area (Å²) in [6, 6.07) is 0. The van der Waals surface area contributed by atoms with Gasteiger partial charge in [-0.2, -0.15) is 22.0 Å². The minimum absolute atomic E-state index is 1.02. The summed E-state index contributed by atoms with van der Waals surface area (Å²) in [5, 5.41) is 0. The van der Waals surface area contributed by atoms with Crippen LogP contribution in [-0.2, 0) is 9.47 Å². The zero-order valence-corrected chi connectivity index (χ0v) is 8.82. The molecule has 0 atom stereocenters. The molecule has 0 saturated carbocycles. The van der Waals surface area contributed by atoms with Crippen LogP contribution in [0, 0.1) is 0 Å². The highest BCUT2D eigenvalue weighted by Crippen LogP contribution is 2.35. The first-order chi connectivity index (χ1) is 6.85. The van der Waals surface area contributed by atoms with E-state index in [1.165, 1.54) is 20.8 Å². The Labute approximate surface area is 88.5 Å². The Morgan fingerprint density at radius 2 is 1.50 bits per heavy atom. The highest BCUT2D eigenvalue weighted by Gasteiger charge is 2.58. The zero-order chi connectivity index (χ0) is 13.2. The highest BCUT2D eigenvalue weighted by molar-refractivity contribution is 5.60. The van der Waals surface area contributed by atoms with E-state index in [0.29, 0.717) is 0 Å². The van der Waals surface area contributed by atoms with E-state index in [1.807, 2.05) is 0 Å². The van der Waals surface area contributed by atoms with Gasteiger partial charge in [-0.05, 0) is 20.8 Å². The molecule has 0 heterocycles. The fourth-order valence-corrected chi connectivity index (χ4v) is 0.511. The minimum Gasteiger partial charge on any atom is -0.429 e. The highest BCUT2D eigenvalue weighted by atomic mass is 19.4. The van der Waals surface area contributed by atoms with Gasteiger partial charge in [0.2, 0.25) is 0 Å². The van der Waals surface area contributed by atoms with Crippen LogP contribution in [-0.4, -0.2) is 30.5 Å². The van der Waals surface area contributed by atoms with Gasteiger partial charge >= 0.3 is 18.3 Å². The lowest BCUT2D eigenvalue weighted by Gasteiger charge is -2.22. The van der Waals surface area contributed by atoms with E-state index >= 15 is 0 Å². The Bertz CT molecular complexity index is 253. The van der Waals surface area contributed by atoms with Crippen LogP contribution in [0.15, 0.2) is 0 Å². The van der Waals surface area contributed by atoms with Gasteiger partial charge in [0.1, 0.15) is 5.60 Å². The smallest absolute Gasteiger partial charge is 0.429 e. The van der Waals surface area contributed by atoms with Crippen LogP contribution >= 0.6 is 0 Å². The fourth-order valence-electron chi connectivity index (χ4n) is 0.511. The topological polar surface area (TPSA) is 35.5 Å². The number of rotatable bonds is 2. The maximum absolute atomic E-state index is 12.3. The number of carbonyl (C=O) groups is 1. The third-order valence-corrected chi connectivity index (χ3v) is 1.18. The van der Waals surface area contributed by atoms with Gasteiger partial charge in [-0.3, -0.25) is 0 Å². The SMILES string of the molecule is CC(C)(C)OC(=O)OCC(F)(F)C(F)(F)F. The summed E-state index contributed by atoms with van der Waals surface area (Å²) >= 11 is 0. The first kappa shape index (κ1) is 14.9. The molecule has 0 spiro atoms. The van der Waals surface area contributed by atoms with Gasteiger partial charge in [0.05, 0.1) is 0 Å². The van der Waals surface area contributed by atoms with Crippen LogP contribution < -0.4 is 0 Å². The van der Waals surface area contributed by atoms with Crippen molar-refractivity contribution in [3.63, 3.8) is 0 Å². The summed E-state index contributed by atoms with van der Waals surface area (Å²) in [6.45, 7) is 2.15. The summed E-state index contributed by atoms with van der Waals surface area (Å²) in [5.41, 5.74) is -1.02. The molecule has 0 unspecified atom stereocenters. The van der Waals surface area contributed by atoms with Crippen molar-refractivity contribution in [3.8, 4) is 0 Å². The molecule has 0 rings (SSSR count). The summed E-state index contributed by atoms with van der Waals surface area (Å²) < 4.78 is 67.5. The van der Waals surface area contributed by atoms with Gasteiger partial charge in [-0.1, -0.05) is 0 Å². The number of alkyl halides is 5. The van der Waals surface area contributed by atoms with Gasteiger partial charge in [0.15, 0.2) is 6.61 Å². The van der Waals surface area contributed by atoms with Crippen LogP contribution in [0.5, 0.6) is 0 Å². The van der Waals surface area contributed by atoms with Crippen molar-refractivity contribution in [2.45, 2.75) is 38.5 Å². The second-order valence-corrected chi connectivity index (χ2v) is 3.96. The maximum Gasteiger partial charge on any atom is 0.509 e. The molecule has 8 heteroatoms. The molecule has 0 aromatic rings. The molecule has 96 valence electrons. The second kappa shape index (κ2) is 4.42. The molecule has 0 fully saturated rings. The van der Waals surface area contributed by atoms with Gasteiger partial charge < -0.3 is 9.47 Å². The van der Waals surface area contributed by atoms with E-state index < -0.39 is 30.5 Å². The van der Waals surface area contributed by atoms with E-state index in [9.17, 15) is 26.7 Å². The summed E-state index contributed by atoms with van der Waals surface area (Å²) in [5.74, 6) is -5.08. The molecule has 0 N–H and O–H groups in total. The molecule has 0 bridgehead atoms. The fraction of sp³-hybridized carbons (Fsp3) is 0.875. The predicted octanol–water partition coefficient (Wildman–Crippen LogP) is 3.14. The molecule has 0 aliphatic carbocycles. The van der Waals surface area contributed by atoms with Crippen molar-refractivity contribution < 1.29 is 36.2 Å². The van der Waals surface area contributed by atoms with Crippen LogP contribution in [0.2, 0.25) is 0 Å². The van der Waals surface area contributed by atoms with Crippen molar-refractivity contribution in [1.29, 1.82) is 0 Å². The summed E-state index contributed by atoms with van der Waals surface area (Å²) in [4.78, 5) is 10.7. The molecule has 0 aliphatic heterocycles. The molecule has 0 aliphatic rings. The maximum atomic E-state index is 12.3. The summed E-state index contributed by atoms with van der Waals surface area (Å²) in [7, 11) is 0. The molecule has 0 radical (unpaired) electrons. The normalized spacial score (nSPS) is 13.5. The first-order valence-corrected chi connectivity index (χ1v) is 4.15. The van der Waals surface area contributed by atoms with Gasteiger partial charge in [-0.15, -0.1) is 0 Å². The Kier molecular flexibility index (Phi) is 4.12. The molecular weight excluding hydrogens is 239 g/mol. The molecule has 3 nitrogen and oxygen atoms in total. The van der Waals surface area contributed by atoms with Crippen LogP contribution in [0.3, 0.4) is 0 Å². The number of hydrogen-bond acceptors (Lipinski definition) is 3. The van der Waals surface area contributed by atoms with Crippen LogP contribution in [0.25, 0.3) is 0 Å². The van der Waals surface area contributed by atoms with Gasteiger partial charge in [-0.25, -0.2) is 4.79 Å². The second-order valence-electron chi connectivity index (χ2n) is 3.96. The number of hydrogen-bond donors (Lipinski definition) is 0. The number of halogens is 5. The standard InChI is InChI=1S/C8H11F5O3/c1-6(2,3)16-5(14)15-4-7(9,10)8(11,12)13/h4H2,1-3H3. The minimum atomic E-state index is -5.75. The third-order valence-electron chi connectivity index (χ3n) is 1.18. The Hall–Kier alpha value is -1.08. The van der Waals surface area contributed by atoms with E-state index in [1.54, 1.807) is 0 Å². The average molecular weight is 250 g/mol. The Balaban J connectivity index is 4.22. The monoisotopic (exact) mass is 250 g/mol. The van der Waals surface area contributed by atoms with Crippen molar-refractivity contribution in [2.24, 2.45) is 0 Å². The Morgan fingerprint density at radius 1 is 1.06 bits per heavy atom. The largest absolute Gasteiger partial charge is 0.509 e. The van der Waals surface area contributed by atoms with Crippen molar-refractivity contribution in [3.05, 3.63) is 0 Å². The first-order valence-electron chi connectivity index (χ1n) is 4.15. The van der Waals surface area contributed by atoms with Gasteiger partial charge in [0, 0.05) is 0 Å². The predicted molar refractivity (Wildman–Crippen MR) is 43.2 cm³/mol.